The van der Waals surface area contributed by atoms with E-state index in [-0.39, 0.29) is 23.5 Å². The molecule has 0 radical (unpaired) electrons. The van der Waals surface area contributed by atoms with Crippen LogP contribution in [0.1, 0.15) is 22.5 Å². The minimum Gasteiger partial charge on any atom is -0.481 e. The van der Waals surface area contributed by atoms with E-state index in [1.807, 2.05) is 4.90 Å². The number of aromatic nitrogens is 1. The maximum absolute atomic E-state index is 12.3. The highest BCUT2D eigenvalue weighted by Crippen LogP contribution is 2.07. The Labute approximate surface area is 122 Å². The number of aromatic amines is 1. The molecule has 0 aliphatic carbocycles. The molecule has 2 N–H and O–H groups in total. The molecule has 1 aromatic rings. The Balaban J connectivity index is 1.94. The van der Waals surface area contributed by atoms with Crippen LogP contribution in [0.4, 0.5) is 0 Å². The first-order valence-electron chi connectivity index (χ1n) is 6.90. The standard InChI is InChI=1S/C14H19N3O4/c1-10-2-3-11(13(20)15-10)14(21)17-8-6-16(7-9-17)5-4-12(18)19/h2-3H,4-9H2,1H3,(H,15,20)(H,18,19). The van der Waals surface area contributed by atoms with Crippen LogP contribution in [0, 0.1) is 6.92 Å². The third-order valence-corrected chi connectivity index (χ3v) is 3.59. The zero-order valence-corrected chi connectivity index (χ0v) is 12.0. The molecule has 0 atom stereocenters. The molecule has 0 aromatic carbocycles. The summed E-state index contributed by atoms with van der Waals surface area (Å²) < 4.78 is 0. The van der Waals surface area contributed by atoms with Crippen molar-refractivity contribution in [1.82, 2.24) is 14.8 Å². The highest BCUT2D eigenvalue weighted by Gasteiger charge is 2.23. The SMILES string of the molecule is Cc1ccc(C(=O)N2CCN(CCC(=O)O)CC2)c(=O)[nH]1. The molecule has 0 bridgehead atoms. The Morgan fingerprint density at radius 1 is 1.24 bits per heavy atom. The van der Waals surface area contributed by atoms with E-state index in [1.54, 1.807) is 24.0 Å². The number of carbonyl (C=O) groups is 2. The number of hydrogen-bond acceptors (Lipinski definition) is 4. The number of hydrogen-bond donors (Lipinski definition) is 2. The summed E-state index contributed by atoms with van der Waals surface area (Å²) in [7, 11) is 0. The summed E-state index contributed by atoms with van der Waals surface area (Å²) in [5.74, 6) is -1.09. The quantitative estimate of drug-likeness (QED) is 0.809. The van der Waals surface area contributed by atoms with Gasteiger partial charge in [0.2, 0.25) is 0 Å². The van der Waals surface area contributed by atoms with Crippen LogP contribution in [-0.4, -0.2) is 64.5 Å². The highest BCUT2D eigenvalue weighted by molar-refractivity contribution is 5.93. The van der Waals surface area contributed by atoms with Crippen molar-refractivity contribution in [2.24, 2.45) is 0 Å². The summed E-state index contributed by atoms with van der Waals surface area (Å²) in [6.45, 7) is 4.52. The Hall–Kier alpha value is -2.15. The van der Waals surface area contributed by atoms with Crippen LogP contribution >= 0.6 is 0 Å². The first-order chi connectivity index (χ1) is 9.97. The fourth-order valence-electron chi connectivity index (χ4n) is 2.34. The highest BCUT2D eigenvalue weighted by atomic mass is 16.4. The molecule has 0 spiro atoms. The largest absolute Gasteiger partial charge is 0.481 e. The topological polar surface area (TPSA) is 93.7 Å². The van der Waals surface area contributed by atoms with E-state index in [0.717, 1.165) is 5.69 Å². The van der Waals surface area contributed by atoms with Gasteiger partial charge in [-0.1, -0.05) is 0 Å². The van der Waals surface area contributed by atoms with Gasteiger partial charge in [-0.25, -0.2) is 0 Å². The van der Waals surface area contributed by atoms with Gasteiger partial charge in [0.1, 0.15) is 5.56 Å². The van der Waals surface area contributed by atoms with Crippen LogP contribution in [0.25, 0.3) is 0 Å². The number of H-pyrrole nitrogens is 1. The summed E-state index contributed by atoms with van der Waals surface area (Å²) in [6, 6.07) is 3.26. The number of aryl methyl sites for hydroxylation is 1. The molecule has 0 saturated carbocycles. The molecule has 7 nitrogen and oxygen atoms in total. The minimum atomic E-state index is -0.820. The van der Waals surface area contributed by atoms with E-state index in [0.29, 0.717) is 32.7 Å². The molecule has 2 rings (SSSR count). The van der Waals surface area contributed by atoms with Crippen LogP contribution in [-0.2, 0) is 4.79 Å². The van der Waals surface area contributed by atoms with E-state index in [1.165, 1.54) is 0 Å². The first-order valence-corrected chi connectivity index (χ1v) is 6.90. The van der Waals surface area contributed by atoms with E-state index in [2.05, 4.69) is 4.98 Å². The molecule has 1 saturated heterocycles. The summed E-state index contributed by atoms with van der Waals surface area (Å²) in [6.07, 6.45) is 0.103. The lowest BCUT2D eigenvalue weighted by Gasteiger charge is -2.34. The third kappa shape index (κ3) is 3.91. The van der Waals surface area contributed by atoms with Gasteiger partial charge in [0.15, 0.2) is 0 Å². The van der Waals surface area contributed by atoms with E-state index < -0.39 is 5.97 Å². The van der Waals surface area contributed by atoms with Crippen molar-refractivity contribution in [2.75, 3.05) is 32.7 Å². The van der Waals surface area contributed by atoms with Crippen molar-refractivity contribution in [3.63, 3.8) is 0 Å². The van der Waals surface area contributed by atoms with Gasteiger partial charge in [-0.2, -0.15) is 0 Å². The molecule has 114 valence electrons. The Morgan fingerprint density at radius 3 is 2.48 bits per heavy atom. The lowest BCUT2D eigenvalue weighted by atomic mass is 10.2. The van der Waals surface area contributed by atoms with Crippen LogP contribution in [0.2, 0.25) is 0 Å². The average Bonchev–Trinajstić information content (AvgIpc) is 2.45. The molecule has 1 aliphatic heterocycles. The lowest BCUT2D eigenvalue weighted by molar-refractivity contribution is -0.137. The zero-order valence-electron chi connectivity index (χ0n) is 12.0. The number of nitrogens with one attached hydrogen (secondary N) is 1. The summed E-state index contributed by atoms with van der Waals surface area (Å²) in [5, 5.41) is 8.66. The van der Waals surface area contributed by atoms with Crippen molar-refractivity contribution in [3.05, 3.63) is 33.7 Å². The monoisotopic (exact) mass is 293 g/mol. The average molecular weight is 293 g/mol. The van der Waals surface area contributed by atoms with Crippen molar-refractivity contribution < 1.29 is 14.7 Å². The molecule has 21 heavy (non-hydrogen) atoms. The number of amides is 1. The van der Waals surface area contributed by atoms with Gasteiger partial charge in [0.25, 0.3) is 11.5 Å². The third-order valence-electron chi connectivity index (χ3n) is 3.59. The van der Waals surface area contributed by atoms with E-state index in [4.69, 9.17) is 5.11 Å². The smallest absolute Gasteiger partial charge is 0.304 e. The van der Waals surface area contributed by atoms with Gasteiger partial charge in [0.05, 0.1) is 6.42 Å². The second kappa shape index (κ2) is 6.53. The van der Waals surface area contributed by atoms with E-state index >= 15 is 0 Å². The molecule has 7 heteroatoms. The number of pyridine rings is 1. The minimum absolute atomic E-state index is 0.103. The number of carbonyl (C=O) groups excluding carboxylic acids is 1. The van der Waals surface area contributed by atoms with Gasteiger partial charge in [-0.05, 0) is 19.1 Å². The maximum atomic E-state index is 12.3. The number of nitrogens with zero attached hydrogens (tertiary/aromatic N) is 2. The molecule has 2 heterocycles. The first kappa shape index (κ1) is 15.2. The van der Waals surface area contributed by atoms with Crippen molar-refractivity contribution in [3.8, 4) is 0 Å². The van der Waals surface area contributed by atoms with Crippen LogP contribution < -0.4 is 5.56 Å². The molecule has 1 amide bonds. The molecule has 1 aromatic heterocycles. The number of carboxylic acids is 1. The zero-order chi connectivity index (χ0) is 15.4. The van der Waals surface area contributed by atoms with Crippen LogP contribution in [0.3, 0.4) is 0 Å². The van der Waals surface area contributed by atoms with Gasteiger partial charge in [-0.3, -0.25) is 19.3 Å². The second-order valence-corrected chi connectivity index (χ2v) is 5.16. The lowest BCUT2D eigenvalue weighted by Crippen LogP contribution is -2.49. The molecule has 1 aliphatic rings. The predicted molar refractivity (Wildman–Crippen MR) is 76.4 cm³/mol. The molecule has 1 fully saturated rings. The fraction of sp³-hybridized carbons (Fsp3) is 0.500. The number of piperazine rings is 1. The van der Waals surface area contributed by atoms with Gasteiger partial charge >= 0.3 is 5.97 Å². The Morgan fingerprint density at radius 2 is 1.90 bits per heavy atom. The number of rotatable bonds is 4. The van der Waals surface area contributed by atoms with Crippen LogP contribution in [0.15, 0.2) is 16.9 Å². The predicted octanol–water partition coefficient (Wildman–Crippen LogP) is -0.0842. The Bertz CT molecular complexity index is 588. The van der Waals surface area contributed by atoms with Gasteiger partial charge in [0, 0.05) is 38.4 Å². The van der Waals surface area contributed by atoms with Crippen LogP contribution in [0.5, 0.6) is 0 Å². The summed E-state index contributed by atoms with van der Waals surface area (Å²) >= 11 is 0. The molecular formula is C14H19N3O4. The maximum Gasteiger partial charge on any atom is 0.304 e. The van der Waals surface area contributed by atoms with Crippen molar-refractivity contribution in [2.45, 2.75) is 13.3 Å². The second-order valence-electron chi connectivity index (χ2n) is 5.16. The molecular weight excluding hydrogens is 274 g/mol. The summed E-state index contributed by atoms with van der Waals surface area (Å²) in [5.41, 5.74) is 0.503. The Kier molecular flexibility index (Phi) is 4.74. The van der Waals surface area contributed by atoms with Crippen molar-refractivity contribution >= 4 is 11.9 Å². The molecule has 0 unspecified atom stereocenters. The number of aliphatic carboxylic acids is 1. The van der Waals surface area contributed by atoms with Gasteiger partial charge in [-0.15, -0.1) is 0 Å². The van der Waals surface area contributed by atoms with Crippen molar-refractivity contribution in [1.29, 1.82) is 0 Å². The summed E-state index contributed by atoms with van der Waals surface area (Å²) in [4.78, 5) is 40.9. The normalized spacial score (nSPS) is 16.0. The fourth-order valence-corrected chi connectivity index (χ4v) is 2.34. The van der Waals surface area contributed by atoms with E-state index in [9.17, 15) is 14.4 Å². The number of carboxylic acid groups (broad SMARTS) is 1. The van der Waals surface area contributed by atoms with Gasteiger partial charge < -0.3 is 15.0 Å².